The predicted octanol–water partition coefficient (Wildman–Crippen LogP) is 3.36. The molecule has 1 saturated heterocycles. The van der Waals surface area contributed by atoms with Gasteiger partial charge in [0, 0.05) is 5.92 Å². The fourth-order valence-electron chi connectivity index (χ4n) is 3.30. The van der Waals surface area contributed by atoms with Crippen LogP contribution in [0.2, 0.25) is 0 Å². The zero-order chi connectivity index (χ0) is 16.2. The zero-order valence-electron chi connectivity index (χ0n) is 14.0. The van der Waals surface area contributed by atoms with Crippen molar-refractivity contribution in [1.29, 1.82) is 0 Å². The maximum atomic E-state index is 10.7. The van der Waals surface area contributed by atoms with Gasteiger partial charge in [-0.15, -0.1) is 0 Å². The van der Waals surface area contributed by atoms with E-state index in [0.717, 1.165) is 54.4 Å². The number of H-pyrrole nitrogens is 1. The molecule has 5 nitrogen and oxygen atoms in total. The first kappa shape index (κ1) is 16.0. The molecule has 3 rings (SSSR count). The minimum absolute atomic E-state index is 0.488. The Morgan fingerprint density at radius 1 is 1.39 bits per heavy atom. The SMILES string of the molecule is CC(C)CCN1CCC(c2nc3c(NC=O)cccc3[nH]2)CC1. The first-order valence-corrected chi connectivity index (χ1v) is 8.58. The Morgan fingerprint density at radius 3 is 2.87 bits per heavy atom. The van der Waals surface area contributed by atoms with Gasteiger partial charge in [0.15, 0.2) is 0 Å². The molecule has 2 heterocycles. The van der Waals surface area contributed by atoms with Gasteiger partial charge in [-0.2, -0.15) is 0 Å². The minimum Gasteiger partial charge on any atom is -0.342 e. The molecule has 124 valence electrons. The lowest BCUT2D eigenvalue weighted by molar-refractivity contribution is -0.105. The van der Waals surface area contributed by atoms with E-state index in [1.807, 2.05) is 18.2 Å². The number of para-hydroxylation sites is 1. The van der Waals surface area contributed by atoms with Gasteiger partial charge < -0.3 is 15.2 Å². The van der Waals surface area contributed by atoms with Crippen LogP contribution in [0.4, 0.5) is 5.69 Å². The maximum Gasteiger partial charge on any atom is 0.211 e. The van der Waals surface area contributed by atoms with Crippen molar-refractivity contribution in [1.82, 2.24) is 14.9 Å². The van der Waals surface area contributed by atoms with E-state index in [4.69, 9.17) is 4.98 Å². The van der Waals surface area contributed by atoms with Crippen molar-refractivity contribution in [2.24, 2.45) is 5.92 Å². The van der Waals surface area contributed by atoms with Crippen LogP contribution >= 0.6 is 0 Å². The van der Waals surface area contributed by atoms with Gasteiger partial charge in [-0.3, -0.25) is 4.79 Å². The van der Waals surface area contributed by atoms with Gasteiger partial charge in [0.05, 0.1) is 11.2 Å². The number of hydrogen-bond acceptors (Lipinski definition) is 3. The van der Waals surface area contributed by atoms with Gasteiger partial charge in [-0.05, 0) is 56.9 Å². The number of nitrogens with one attached hydrogen (secondary N) is 2. The Morgan fingerprint density at radius 2 is 2.17 bits per heavy atom. The molecule has 2 aromatic rings. The van der Waals surface area contributed by atoms with Crippen molar-refractivity contribution in [3.8, 4) is 0 Å². The average Bonchev–Trinajstić information content (AvgIpc) is 2.99. The zero-order valence-corrected chi connectivity index (χ0v) is 14.0. The predicted molar refractivity (Wildman–Crippen MR) is 93.7 cm³/mol. The number of amides is 1. The van der Waals surface area contributed by atoms with Crippen molar-refractivity contribution >= 4 is 23.1 Å². The normalized spacial score (nSPS) is 17.0. The van der Waals surface area contributed by atoms with Crippen LogP contribution in [-0.4, -0.2) is 40.9 Å². The quantitative estimate of drug-likeness (QED) is 0.804. The van der Waals surface area contributed by atoms with Crippen LogP contribution < -0.4 is 5.32 Å². The Bertz CT molecular complexity index is 656. The summed E-state index contributed by atoms with van der Waals surface area (Å²) in [5, 5.41) is 2.73. The number of piperidine rings is 1. The average molecular weight is 314 g/mol. The van der Waals surface area contributed by atoms with E-state index < -0.39 is 0 Å². The number of imidazole rings is 1. The standard InChI is InChI=1S/C18H26N4O/c1-13(2)6-9-22-10-7-14(8-11-22)18-20-16-5-3-4-15(19-12-23)17(16)21-18/h3-5,12-14H,6-11H2,1-2H3,(H,19,23)(H,20,21). The van der Waals surface area contributed by atoms with Crippen LogP contribution in [-0.2, 0) is 4.79 Å². The second-order valence-corrected chi connectivity index (χ2v) is 6.88. The van der Waals surface area contributed by atoms with Crippen molar-refractivity contribution in [2.75, 3.05) is 25.0 Å². The Hall–Kier alpha value is -1.88. The van der Waals surface area contributed by atoms with Crippen LogP contribution in [0.5, 0.6) is 0 Å². The molecule has 1 amide bonds. The number of fused-ring (bicyclic) bond motifs is 1. The molecule has 23 heavy (non-hydrogen) atoms. The summed E-state index contributed by atoms with van der Waals surface area (Å²) in [7, 11) is 0. The largest absolute Gasteiger partial charge is 0.342 e. The van der Waals surface area contributed by atoms with Crippen molar-refractivity contribution in [2.45, 2.75) is 39.0 Å². The highest BCUT2D eigenvalue weighted by Crippen LogP contribution is 2.30. The van der Waals surface area contributed by atoms with Crippen molar-refractivity contribution < 1.29 is 4.79 Å². The van der Waals surface area contributed by atoms with E-state index in [1.165, 1.54) is 13.0 Å². The number of aromatic nitrogens is 2. The summed E-state index contributed by atoms with van der Waals surface area (Å²) in [6.45, 7) is 8.07. The van der Waals surface area contributed by atoms with Gasteiger partial charge >= 0.3 is 0 Å². The van der Waals surface area contributed by atoms with Gasteiger partial charge in [0.1, 0.15) is 11.3 Å². The Balaban J connectivity index is 1.67. The summed E-state index contributed by atoms with van der Waals surface area (Å²) in [6.07, 6.45) is 4.27. The van der Waals surface area contributed by atoms with Gasteiger partial charge in [-0.1, -0.05) is 19.9 Å². The highest BCUT2D eigenvalue weighted by Gasteiger charge is 2.23. The third-order valence-electron chi connectivity index (χ3n) is 4.74. The lowest BCUT2D eigenvalue weighted by Crippen LogP contribution is -2.34. The van der Waals surface area contributed by atoms with Crippen LogP contribution in [0.1, 0.15) is 44.9 Å². The number of benzene rings is 1. The summed E-state index contributed by atoms with van der Waals surface area (Å²) in [6, 6.07) is 5.83. The molecule has 1 aromatic carbocycles. The van der Waals surface area contributed by atoms with E-state index in [9.17, 15) is 4.79 Å². The number of likely N-dealkylation sites (tertiary alicyclic amines) is 1. The van der Waals surface area contributed by atoms with Gasteiger partial charge in [0.2, 0.25) is 6.41 Å². The summed E-state index contributed by atoms with van der Waals surface area (Å²) >= 11 is 0. The summed E-state index contributed by atoms with van der Waals surface area (Å²) in [4.78, 5) is 21.5. The molecule has 1 fully saturated rings. The smallest absolute Gasteiger partial charge is 0.211 e. The topological polar surface area (TPSA) is 61.0 Å². The fourth-order valence-corrected chi connectivity index (χ4v) is 3.30. The molecule has 0 aliphatic carbocycles. The van der Waals surface area contributed by atoms with Crippen molar-refractivity contribution in [3.63, 3.8) is 0 Å². The minimum atomic E-state index is 0.488. The van der Waals surface area contributed by atoms with E-state index in [1.54, 1.807) is 0 Å². The van der Waals surface area contributed by atoms with Crippen LogP contribution in [0.25, 0.3) is 11.0 Å². The number of anilines is 1. The summed E-state index contributed by atoms with van der Waals surface area (Å²) in [5.41, 5.74) is 2.63. The second-order valence-electron chi connectivity index (χ2n) is 6.88. The number of aromatic amines is 1. The molecule has 0 spiro atoms. The molecular formula is C18H26N4O. The number of carbonyl (C=O) groups is 1. The molecule has 0 saturated carbocycles. The molecule has 0 atom stereocenters. The third kappa shape index (κ3) is 3.72. The first-order valence-electron chi connectivity index (χ1n) is 8.58. The molecule has 1 aromatic heterocycles. The molecule has 5 heteroatoms. The lowest BCUT2D eigenvalue weighted by Gasteiger charge is -2.31. The molecule has 0 radical (unpaired) electrons. The highest BCUT2D eigenvalue weighted by atomic mass is 16.1. The molecule has 0 unspecified atom stereocenters. The molecule has 0 bridgehead atoms. The Kier molecular flexibility index (Phi) is 4.96. The Labute approximate surface area is 137 Å². The second kappa shape index (κ2) is 7.13. The van der Waals surface area contributed by atoms with Gasteiger partial charge in [0.25, 0.3) is 0 Å². The first-order chi connectivity index (χ1) is 11.2. The maximum absolute atomic E-state index is 10.7. The van der Waals surface area contributed by atoms with Crippen LogP contribution in [0, 0.1) is 5.92 Å². The highest BCUT2D eigenvalue weighted by molar-refractivity contribution is 5.92. The molecule has 2 N–H and O–H groups in total. The van der Waals surface area contributed by atoms with Gasteiger partial charge in [-0.25, -0.2) is 4.98 Å². The van der Waals surface area contributed by atoms with Crippen LogP contribution in [0.3, 0.4) is 0 Å². The molecular weight excluding hydrogens is 288 g/mol. The van der Waals surface area contributed by atoms with E-state index >= 15 is 0 Å². The lowest BCUT2D eigenvalue weighted by atomic mass is 9.95. The third-order valence-corrected chi connectivity index (χ3v) is 4.74. The molecule has 1 aliphatic heterocycles. The number of carbonyl (C=O) groups excluding carboxylic acids is 1. The van der Waals surface area contributed by atoms with Crippen LogP contribution in [0.15, 0.2) is 18.2 Å². The monoisotopic (exact) mass is 314 g/mol. The fraction of sp³-hybridized carbons (Fsp3) is 0.556. The van der Waals surface area contributed by atoms with E-state index in [0.29, 0.717) is 12.3 Å². The molecule has 1 aliphatic rings. The number of hydrogen-bond donors (Lipinski definition) is 2. The van der Waals surface area contributed by atoms with E-state index in [2.05, 4.69) is 29.0 Å². The summed E-state index contributed by atoms with van der Waals surface area (Å²) < 4.78 is 0. The summed E-state index contributed by atoms with van der Waals surface area (Å²) in [5.74, 6) is 2.32. The van der Waals surface area contributed by atoms with Crippen molar-refractivity contribution in [3.05, 3.63) is 24.0 Å². The van der Waals surface area contributed by atoms with E-state index in [-0.39, 0.29) is 0 Å². The number of rotatable bonds is 6. The number of nitrogens with zero attached hydrogens (tertiary/aromatic N) is 2.